The summed E-state index contributed by atoms with van der Waals surface area (Å²) in [6.07, 6.45) is 2.46. The van der Waals surface area contributed by atoms with Crippen molar-refractivity contribution in [3.63, 3.8) is 0 Å². The number of oxime groups is 1. The van der Waals surface area contributed by atoms with Gasteiger partial charge in [-0.05, 0) is 42.7 Å². The molecule has 0 radical (unpaired) electrons. The Bertz CT molecular complexity index is 1410. The first-order valence-electron chi connectivity index (χ1n) is 13.5. The number of nitrogens with one attached hydrogen (secondary N) is 1. The Kier molecular flexibility index (Phi) is 11.1. The molecule has 41 heavy (non-hydrogen) atoms. The van der Waals surface area contributed by atoms with Gasteiger partial charge in [-0.3, -0.25) is 4.90 Å². The van der Waals surface area contributed by atoms with Crippen molar-refractivity contribution in [3.05, 3.63) is 84.2 Å². The second-order valence-electron chi connectivity index (χ2n) is 9.54. The van der Waals surface area contributed by atoms with Crippen molar-refractivity contribution >= 4 is 40.5 Å². The topological polar surface area (TPSA) is 90.3 Å². The zero-order valence-electron chi connectivity index (χ0n) is 23.4. The number of rotatable bonds is 12. The number of benzene rings is 3. The van der Waals surface area contributed by atoms with E-state index in [2.05, 4.69) is 25.3 Å². The van der Waals surface area contributed by atoms with E-state index in [0.717, 1.165) is 72.7 Å². The fraction of sp³-hybridized carbons (Fsp3) is 0.323. The summed E-state index contributed by atoms with van der Waals surface area (Å²) in [5.74, 6) is 2.01. The first-order valence-corrected chi connectivity index (χ1v) is 13.5. The summed E-state index contributed by atoms with van der Waals surface area (Å²) in [6, 6.07) is 21.8. The first kappa shape index (κ1) is 30.0. The van der Waals surface area contributed by atoms with Crippen molar-refractivity contribution in [1.82, 2.24) is 14.9 Å². The molecule has 1 aliphatic rings. The van der Waals surface area contributed by atoms with E-state index in [1.807, 2.05) is 73.7 Å². The van der Waals surface area contributed by atoms with Gasteiger partial charge in [0, 0.05) is 36.8 Å². The van der Waals surface area contributed by atoms with Crippen LogP contribution >= 0.6 is 12.4 Å². The average molecular weight is 578 g/mol. The van der Waals surface area contributed by atoms with Crippen LogP contribution in [0.1, 0.15) is 24.5 Å². The molecule has 1 aromatic heterocycles. The Balaban J connectivity index is 0.00000387. The lowest BCUT2D eigenvalue weighted by molar-refractivity contribution is 0.0357. The number of ether oxygens (including phenoxy) is 3. The maximum Gasteiger partial charge on any atom is 0.162 e. The molecule has 0 atom stereocenters. The number of hydrogen-bond acceptors (Lipinski definition) is 9. The van der Waals surface area contributed by atoms with E-state index in [1.54, 1.807) is 13.4 Å². The van der Waals surface area contributed by atoms with Crippen molar-refractivity contribution in [2.75, 3.05) is 51.9 Å². The predicted octanol–water partition coefficient (Wildman–Crippen LogP) is 5.85. The van der Waals surface area contributed by atoms with E-state index < -0.39 is 0 Å². The average Bonchev–Trinajstić information content (AvgIpc) is 3.00. The summed E-state index contributed by atoms with van der Waals surface area (Å²) in [6.45, 7) is 7.48. The minimum Gasteiger partial charge on any atom is -0.493 e. The number of morpholine rings is 1. The number of nitrogens with zero attached hydrogens (tertiary/aromatic N) is 4. The van der Waals surface area contributed by atoms with Crippen molar-refractivity contribution in [2.45, 2.75) is 20.0 Å². The van der Waals surface area contributed by atoms with Crippen molar-refractivity contribution in [2.24, 2.45) is 5.16 Å². The van der Waals surface area contributed by atoms with Crippen LogP contribution in [0.2, 0.25) is 0 Å². The van der Waals surface area contributed by atoms with Gasteiger partial charge in [0.15, 0.2) is 11.5 Å². The number of methoxy groups -OCH3 is 1. The molecule has 0 amide bonds. The summed E-state index contributed by atoms with van der Waals surface area (Å²) in [5, 5.41) is 8.53. The number of halogens is 1. The summed E-state index contributed by atoms with van der Waals surface area (Å²) < 4.78 is 17.2. The molecule has 1 fully saturated rings. The zero-order valence-corrected chi connectivity index (χ0v) is 24.2. The van der Waals surface area contributed by atoms with Crippen LogP contribution < -0.4 is 14.8 Å². The molecule has 0 spiro atoms. The van der Waals surface area contributed by atoms with Gasteiger partial charge in [-0.15, -0.1) is 12.4 Å². The fourth-order valence-electron chi connectivity index (χ4n) is 4.49. The molecule has 3 aromatic carbocycles. The Morgan fingerprint density at radius 2 is 1.78 bits per heavy atom. The van der Waals surface area contributed by atoms with Gasteiger partial charge >= 0.3 is 0 Å². The quantitative estimate of drug-likeness (QED) is 0.127. The number of hydrogen-bond donors (Lipinski definition) is 1. The van der Waals surface area contributed by atoms with Crippen LogP contribution in [0.5, 0.6) is 11.5 Å². The van der Waals surface area contributed by atoms with E-state index in [1.165, 1.54) is 0 Å². The molecule has 1 aliphatic heterocycles. The van der Waals surface area contributed by atoms with Crippen LogP contribution in [0.4, 0.5) is 11.5 Å². The SMILES string of the molecule is COc1cc2ncnc(Nc3ccc(/C(C)=N\OCc4ccccc4)cc3)c2cc1OCCCN1CCOCC1.Cl. The second-order valence-corrected chi connectivity index (χ2v) is 9.54. The minimum atomic E-state index is 0. The Morgan fingerprint density at radius 1 is 1.00 bits per heavy atom. The third-order valence-electron chi connectivity index (χ3n) is 6.74. The van der Waals surface area contributed by atoms with Crippen LogP contribution in [0.25, 0.3) is 10.9 Å². The van der Waals surface area contributed by atoms with Gasteiger partial charge in [-0.1, -0.05) is 47.6 Å². The van der Waals surface area contributed by atoms with Crippen LogP contribution in [0, 0.1) is 0 Å². The highest BCUT2D eigenvalue weighted by molar-refractivity contribution is 5.99. The fourth-order valence-corrected chi connectivity index (χ4v) is 4.49. The summed E-state index contributed by atoms with van der Waals surface area (Å²) in [7, 11) is 1.64. The lowest BCUT2D eigenvalue weighted by Crippen LogP contribution is -2.37. The number of fused-ring (bicyclic) bond motifs is 1. The smallest absolute Gasteiger partial charge is 0.162 e. The third kappa shape index (κ3) is 8.29. The van der Waals surface area contributed by atoms with Gasteiger partial charge < -0.3 is 24.4 Å². The zero-order chi connectivity index (χ0) is 27.6. The molecule has 0 bridgehead atoms. The van der Waals surface area contributed by atoms with Crippen LogP contribution in [-0.4, -0.2) is 67.1 Å². The van der Waals surface area contributed by atoms with Gasteiger partial charge in [0.05, 0.1) is 38.2 Å². The van der Waals surface area contributed by atoms with E-state index in [0.29, 0.717) is 30.5 Å². The molecular weight excluding hydrogens is 542 g/mol. The molecule has 4 aromatic rings. The maximum atomic E-state index is 6.14. The highest BCUT2D eigenvalue weighted by Crippen LogP contribution is 2.35. The molecule has 9 nitrogen and oxygen atoms in total. The van der Waals surface area contributed by atoms with Crippen molar-refractivity contribution < 1.29 is 19.0 Å². The van der Waals surface area contributed by atoms with Crippen LogP contribution in [-0.2, 0) is 16.2 Å². The normalized spacial score (nSPS) is 13.9. The second kappa shape index (κ2) is 15.2. The van der Waals surface area contributed by atoms with Crippen LogP contribution in [0.15, 0.2) is 78.2 Å². The summed E-state index contributed by atoms with van der Waals surface area (Å²) in [4.78, 5) is 16.9. The lowest BCUT2D eigenvalue weighted by atomic mass is 10.1. The van der Waals surface area contributed by atoms with E-state index in [9.17, 15) is 0 Å². The van der Waals surface area contributed by atoms with Crippen molar-refractivity contribution in [1.29, 1.82) is 0 Å². The summed E-state index contributed by atoms with van der Waals surface area (Å²) in [5.41, 5.74) is 4.52. The van der Waals surface area contributed by atoms with E-state index in [-0.39, 0.29) is 12.4 Å². The van der Waals surface area contributed by atoms with Gasteiger partial charge in [0.2, 0.25) is 0 Å². The standard InChI is InChI=1S/C31H35N5O4.ClH/c1-23(35-40-21-24-7-4-3-5-8-24)25-9-11-26(12-10-25)34-31-27-19-30(29(37-2)20-28(27)32-22-33-31)39-16-6-13-36-14-17-38-18-15-36;/h3-5,7-12,19-20,22H,6,13-18,21H2,1-2H3,(H,32,33,34);1H/b35-23-;. The molecule has 2 heterocycles. The van der Waals surface area contributed by atoms with Gasteiger partial charge in [-0.25, -0.2) is 9.97 Å². The number of anilines is 2. The van der Waals surface area contributed by atoms with E-state index >= 15 is 0 Å². The summed E-state index contributed by atoms with van der Waals surface area (Å²) >= 11 is 0. The Morgan fingerprint density at radius 3 is 2.54 bits per heavy atom. The molecular formula is C31H36ClN5O4. The monoisotopic (exact) mass is 577 g/mol. The largest absolute Gasteiger partial charge is 0.493 e. The molecule has 10 heteroatoms. The van der Waals surface area contributed by atoms with Crippen LogP contribution in [0.3, 0.4) is 0 Å². The molecule has 5 rings (SSSR count). The Hall–Kier alpha value is -3.92. The molecule has 1 N–H and O–H groups in total. The molecule has 0 unspecified atom stereocenters. The highest BCUT2D eigenvalue weighted by Gasteiger charge is 2.13. The predicted molar refractivity (Wildman–Crippen MR) is 164 cm³/mol. The molecule has 1 saturated heterocycles. The lowest BCUT2D eigenvalue weighted by Gasteiger charge is -2.26. The first-order chi connectivity index (χ1) is 19.7. The Labute approximate surface area is 246 Å². The van der Waals surface area contributed by atoms with Gasteiger partial charge in [0.1, 0.15) is 18.8 Å². The molecule has 0 saturated carbocycles. The third-order valence-corrected chi connectivity index (χ3v) is 6.74. The molecule has 0 aliphatic carbocycles. The maximum absolute atomic E-state index is 6.14. The number of aromatic nitrogens is 2. The van der Waals surface area contributed by atoms with Gasteiger partial charge in [-0.2, -0.15) is 0 Å². The van der Waals surface area contributed by atoms with Crippen molar-refractivity contribution in [3.8, 4) is 11.5 Å². The molecule has 216 valence electrons. The van der Waals surface area contributed by atoms with E-state index in [4.69, 9.17) is 19.0 Å². The van der Waals surface area contributed by atoms with Gasteiger partial charge in [0.25, 0.3) is 0 Å². The highest BCUT2D eigenvalue weighted by atomic mass is 35.5. The minimum absolute atomic E-state index is 0.